The maximum Gasteiger partial charge on any atom is 0.227 e. The zero-order valence-corrected chi connectivity index (χ0v) is 15.9. The van der Waals surface area contributed by atoms with Gasteiger partial charge in [-0.1, -0.05) is 32.9 Å². The van der Waals surface area contributed by atoms with Crippen molar-refractivity contribution < 1.29 is 9.59 Å². The number of carbonyl (C=O) groups is 2. The van der Waals surface area contributed by atoms with Crippen LogP contribution in [0, 0.1) is 11.3 Å². The molecule has 1 aromatic carbocycles. The maximum atomic E-state index is 12.5. The third-order valence-corrected chi connectivity index (χ3v) is 4.90. The fraction of sp³-hybridized carbons (Fsp3) is 0.550. The second-order valence-corrected chi connectivity index (χ2v) is 8.06. The van der Waals surface area contributed by atoms with Gasteiger partial charge in [0, 0.05) is 31.6 Å². The average molecular weight is 356 g/mol. The van der Waals surface area contributed by atoms with Crippen molar-refractivity contribution in [3.8, 4) is 0 Å². The minimum absolute atomic E-state index is 0.0424. The Bertz CT molecular complexity index is 790. The van der Waals surface area contributed by atoms with E-state index in [4.69, 9.17) is 0 Å². The Hall–Kier alpha value is -2.37. The SMILES string of the molecule is CC(C)(C)C(=O)N1CCC[C@@H](C(=O)NCCn2cnc3ccccc32)C1. The van der Waals surface area contributed by atoms with Gasteiger partial charge < -0.3 is 14.8 Å². The van der Waals surface area contributed by atoms with Crippen molar-refractivity contribution in [1.29, 1.82) is 0 Å². The Balaban J connectivity index is 1.52. The molecule has 1 N–H and O–H groups in total. The van der Waals surface area contributed by atoms with Gasteiger partial charge in [-0.3, -0.25) is 9.59 Å². The molecular weight excluding hydrogens is 328 g/mol. The van der Waals surface area contributed by atoms with Crippen LogP contribution >= 0.6 is 0 Å². The number of hydrogen-bond donors (Lipinski definition) is 1. The standard InChI is InChI=1S/C20H28N4O2/c1-20(2,3)19(26)23-11-6-7-15(13-23)18(25)21-10-12-24-14-22-16-8-4-5-9-17(16)24/h4-5,8-9,14-15H,6-7,10-13H2,1-3H3,(H,21,25)/t15-/m1/s1. The number of nitrogens with zero attached hydrogens (tertiary/aromatic N) is 3. The summed E-state index contributed by atoms with van der Waals surface area (Å²) in [5, 5.41) is 3.03. The first kappa shape index (κ1) is 18.4. The van der Waals surface area contributed by atoms with Gasteiger partial charge >= 0.3 is 0 Å². The first-order valence-corrected chi connectivity index (χ1v) is 9.33. The molecule has 3 rings (SSSR count). The molecule has 2 heterocycles. The summed E-state index contributed by atoms with van der Waals surface area (Å²) in [4.78, 5) is 31.2. The van der Waals surface area contributed by atoms with Gasteiger partial charge in [-0.05, 0) is 25.0 Å². The number of nitrogens with one attached hydrogen (secondary N) is 1. The van der Waals surface area contributed by atoms with E-state index >= 15 is 0 Å². The Kier molecular flexibility index (Phi) is 5.30. The van der Waals surface area contributed by atoms with Crippen LogP contribution < -0.4 is 5.32 Å². The van der Waals surface area contributed by atoms with Gasteiger partial charge in [0.1, 0.15) is 0 Å². The van der Waals surface area contributed by atoms with Crippen molar-refractivity contribution in [3.63, 3.8) is 0 Å². The number of benzene rings is 1. The van der Waals surface area contributed by atoms with E-state index in [9.17, 15) is 9.59 Å². The molecule has 1 aliphatic rings. The Morgan fingerprint density at radius 1 is 1.27 bits per heavy atom. The van der Waals surface area contributed by atoms with E-state index in [0.29, 0.717) is 19.6 Å². The van der Waals surface area contributed by atoms with Gasteiger partial charge in [-0.25, -0.2) is 4.98 Å². The summed E-state index contributed by atoms with van der Waals surface area (Å²) in [5.41, 5.74) is 1.63. The minimum atomic E-state index is -0.402. The molecule has 0 unspecified atom stereocenters. The molecule has 140 valence electrons. The monoisotopic (exact) mass is 356 g/mol. The van der Waals surface area contributed by atoms with E-state index in [1.165, 1.54) is 0 Å². The minimum Gasteiger partial charge on any atom is -0.354 e. The zero-order valence-electron chi connectivity index (χ0n) is 15.9. The zero-order chi connectivity index (χ0) is 18.7. The van der Waals surface area contributed by atoms with E-state index in [0.717, 1.165) is 30.4 Å². The second kappa shape index (κ2) is 7.48. The number of piperidine rings is 1. The van der Waals surface area contributed by atoms with Crippen molar-refractivity contribution in [2.24, 2.45) is 11.3 Å². The first-order valence-electron chi connectivity index (χ1n) is 9.33. The van der Waals surface area contributed by atoms with Gasteiger partial charge in [-0.15, -0.1) is 0 Å². The highest BCUT2D eigenvalue weighted by atomic mass is 16.2. The van der Waals surface area contributed by atoms with Crippen LogP contribution in [-0.2, 0) is 16.1 Å². The number of hydrogen-bond acceptors (Lipinski definition) is 3. The Labute approximate surface area is 154 Å². The molecule has 1 aliphatic heterocycles. The number of carbonyl (C=O) groups excluding carboxylic acids is 2. The van der Waals surface area contributed by atoms with Gasteiger partial charge in [0.15, 0.2) is 0 Å². The first-order chi connectivity index (χ1) is 12.4. The van der Waals surface area contributed by atoms with Crippen LogP contribution in [0.3, 0.4) is 0 Å². The summed E-state index contributed by atoms with van der Waals surface area (Å²) in [6.45, 7) is 8.29. The van der Waals surface area contributed by atoms with Crippen molar-refractivity contribution in [2.75, 3.05) is 19.6 Å². The lowest BCUT2D eigenvalue weighted by atomic mass is 9.91. The van der Waals surface area contributed by atoms with Crippen LogP contribution in [0.4, 0.5) is 0 Å². The lowest BCUT2D eigenvalue weighted by Crippen LogP contribution is -2.49. The topological polar surface area (TPSA) is 67.2 Å². The molecule has 1 saturated heterocycles. The van der Waals surface area contributed by atoms with E-state index in [-0.39, 0.29) is 17.7 Å². The molecule has 0 aliphatic carbocycles. The van der Waals surface area contributed by atoms with E-state index in [2.05, 4.69) is 10.3 Å². The van der Waals surface area contributed by atoms with E-state index in [1.54, 1.807) is 6.33 Å². The number of imidazole rings is 1. The summed E-state index contributed by atoms with van der Waals surface area (Å²) in [6.07, 6.45) is 3.53. The van der Waals surface area contributed by atoms with Crippen LogP contribution in [0.1, 0.15) is 33.6 Å². The van der Waals surface area contributed by atoms with Gasteiger partial charge in [0.05, 0.1) is 23.3 Å². The molecule has 0 bridgehead atoms. The second-order valence-electron chi connectivity index (χ2n) is 8.06. The molecule has 2 aromatic rings. The number of amides is 2. The molecule has 1 aromatic heterocycles. The quantitative estimate of drug-likeness (QED) is 0.915. The third kappa shape index (κ3) is 4.06. The molecule has 6 heteroatoms. The van der Waals surface area contributed by atoms with Crippen molar-refractivity contribution in [2.45, 2.75) is 40.2 Å². The van der Waals surface area contributed by atoms with Crippen molar-refractivity contribution in [3.05, 3.63) is 30.6 Å². The smallest absolute Gasteiger partial charge is 0.227 e. The summed E-state index contributed by atoms with van der Waals surface area (Å²) in [5.74, 6) is 0.0512. The van der Waals surface area contributed by atoms with Crippen LogP contribution in [0.15, 0.2) is 30.6 Å². The lowest BCUT2D eigenvalue weighted by molar-refractivity contribution is -0.142. The van der Waals surface area contributed by atoms with Crippen LogP contribution in [0.2, 0.25) is 0 Å². The van der Waals surface area contributed by atoms with E-state index in [1.807, 2.05) is 54.5 Å². The summed E-state index contributed by atoms with van der Waals surface area (Å²) in [7, 11) is 0. The van der Waals surface area contributed by atoms with Crippen LogP contribution in [-0.4, -0.2) is 45.9 Å². The van der Waals surface area contributed by atoms with Crippen molar-refractivity contribution >= 4 is 22.8 Å². The summed E-state index contributed by atoms with van der Waals surface area (Å²) in [6, 6.07) is 7.96. The molecule has 0 spiro atoms. The number of rotatable bonds is 4. The number of aromatic nitrogens is 2. The molecule has 6 nitrogen and oxygen atoms in total. The molecule has 1 fully saturated rings. The fourth-order valence-electron chi connectivity index (χ4n) is 3.48. The predicted octanol–water partition coefficient (Wildman–Crippen LogP) is 2.44. The highest BCUT2D eigenvalue weighted by Crippen LogP contribution is 2.23. The third-order valence-electron chi connectivity index (χ3n) is 4.90. The summed E-state index contributed by atoms with van der Waals surface area (Å²) >= 11 is 0. The van der Waals surface area contributed by atoms with E-state index < -0.39 is 5.41 Å². The number of para-hydroxylation sites is 2. The predicted molar refractivity (Wildman–Crippen MR) is 102 cm³/mol. The Morgan fingerprint density at radius 2 is 2.04 bits per heavy atom. The molecular formula is C20H28N4O2. The molecule has 26 heavy (non-hydrogen) atoms. The molecule has 2 amide bonds. The van der Waals surface area contributed by atoms with Crippen molar-refractivity contribution in [1.82, 2.24) is 19.8 Å². The molecule has 0 saturated carbocycles. The fourth-order valence-corrected chi connectivity index (χ4v) is 3.48. The lowest BCUT2D eigenvalue weighted by Gasteiger charge is -2.35. The maximum absolute atomic E-state index is 12.5. The molecule has 0 radical (unpaired) electrons. The largest absolute Gasteiger partial charge is 0.354 e. The van der Waals surface area contributed by atoms with Gasteiger partial charge in [-0.2, -0.15) is 0 Å². The van der Waals surface area contributed by atoms with Gasteiger partial charge in [0.25, 0.3) is 0 Å². The average Bonchev–Trinajstić information content (AvgIpc) is 3.03. The van der Waals surface area contributed by atoms with Gasteiger partial charge in [0.2, 0.25) is 11.8 Å². The van der Waals surface area contributed by atoms with Crippen LogP contribution in [0.5, 0.6) is 0 Å². The Morgan fingerprint density at radius 3 is 2.81 bits per heavy atom. The van der Waals surface area contributed by atoms with Crippen LogP contribution in [0.25, 0.3) is 11.0 Å². The number of likely N-dealkylation sites (tertiary alicyclic amines) is 1. The normalized spacial score (nSPS) is 18.1. The summed E-state index contributed by atoms with van der Waals surface area (Å²) < 4.78 is 2.05. The number of fused-ring (bicyclic) bond motifs is 1. The molecule has 1 atom stereocenters. The highest BCUT2D eigenvalue weighted by molar-refractivity contribution is 5.84. The highest BCUT2D eigenvalue weighted by Gasteiger charge is 2.33.